The summed E-state index contributed by atoms with van der Waals surface area (Å²) in [6.07, 6.45) is 7.66. The highest BCUT2D eigenvalue weighted by molar-refractivity contribution is 5.51. The Balaban J connectivity index is 1.41. The van der Waals surface area contributed by atoms with E-state index in [-0.39, 0.29) is 12.1 Å². The molecular formula is C18H20N4O4. The van der Waals surface area contributed by atoms with Crippen LogP contribution in [-0.4, -0.2) is 52.4 Å². The van der Waals surface area contributed by atoms with Crippen molar-refractivity contribution >= 4 is 0 Å². The highest BCUT2D eigenvalue weighted by Crippen LogP contribution is 2.24. The van der Waals surface area contributed by atoms with Gasteiger partial charge in [-0.25, -0.2) is 0 Å². The third-order valence-corrected chi connectivity index (χ3v) is 4.49. The zero-order chi connectivity index (χ0) is 17.8. The zero-order valence-electron chi connectivity index (χ0n) is 14.4. The molecule has 8 nitrogen and oxygen atoms in total. The molecule has 0 bridgehead atoms. The maximum atomic E-state index is 5.88. The van der Waals surface area contributed by atoms with Gasteiger partial charge in [-0.15, -0.1) is 0 Å². The summed E-state index contributed by atoms with van der Waals surface area (Å²) in [6.45, 7) is 1.89. The topological polar surface area (TPSA) is 86.7 Å². The van der Waals surface area contributed by atoms with Gasteiger partial charge in [0.25, 0.3) is 0 Å². The quantitative estimate of drug-likeness (QED) is 0.638. The van der Waals surface area contributed by atoms with Crippen molar-refractivity contribution < 1.29 is 18.4 Å². The molecule has 8 heteroatoms. The first kappa shape index (κ1) is 16.7. The summed E-state index contributed by atoms with van der Waals surface area (Å²) in [6, 6.07) is 5.75. The van der Waals surface area contributed by atoms with Crippen molar-refractivity contribution in [3.05, 3.63) is 49.0 Å². The molecule has 0 unspecified atom stereocenters. The summed E-state index contributed by atoms with van der Waals surface area (Å²) >= 11 is 0. The van der Waals surface area contributed by atoms with E-state index in [0.717, 1.165) is 24.3 Å². The average molecular weight is 356 g/mol. The van der Waals surface area contributed by atoms with Crippen LogP contribution in [0.2, 0.25) is 0 Å². The predicted molar refractivity (Wildman–Crippen MR) is 91.3 cm³/mol. The number of nitrogens with zero attached hydrogens (tertiary/aromatic N) is 4. The molecule has 0 saturated carbocycles. The van der Waals surface area contributed by atoms with Crippen LogP contribution in [0.5, 0.6) is 5.75 Å². The van der Waals surface area contributed by atoms with Gasteiger partial charge in [0, 0.05) is 25.9 Å². The lowest BCUT2D eigenvalue weighted by molar-refractivity contribution is 0.105. The highest BCUT2D eigenvalue weighted by atomic mass is 16.5. The molecule has 4 rings (SSSR count). The van der Waals surface area contributed by atoms with Gasteiger partial charge in [-0.3, -0.25) is 9.88 Å². The van der Waals surface area contributed by atoms with Crippen molar-refractivity contribution in [3.8, 4) is 17.1 Å². The molecule has 1 saturated heterocycles. The second-order valence-electron chi connectivity index (χ2n) is 6.20. The Hall–Kier alpha value is -2.71. The molecule has 0 radical (unpaired) electrons. The lowest BCUT2D eigenvalue weighted by Crippen LogP contribution is -2.34. The van der Waals surface area contributed by atoms with Crippen LogP contribution in [0.1, 0.15) is 12.3 Å². The molecule has 0 aliphatic carbocycles. The number of pyridine rings is 1. The van der Waals surface area contributed by atoms with E-state index in [1.807, 2.05) is 12.1 Å². The Bertz CT molecular complexity index is 806. The lowest BCUT2D eigenvalue weighted by atomic mass is 10.2. The van der Waals surface area contributed by atoms with Gasteiger partial charge < -0.3 is 18.4 Å². The summed E-state index contributed by atoms with van der Waals surface area (Å²) in [5.74, 6) is 1.84. The van der Waals surface area contributed by atoms with Gasteiger partial charge in [-0.2, -0.15) is 4.98 Å². The molecule has 136 valence electrons. The van der Waals surface area contributed by atoms with E-state index in [0.29, 0.717) is 24.9 Å². The fourth-order valence-electron chi connectivity index (χ4n) is 3.10. The van der Waals surface area contributed by atoms with Crippen molar-refractivity contribution in [2.75, 3.05) is 20.3 Å². The van der Waals surface area contributed by atoms with Crippen LogP contribution in [-0.2, 0) is 11.3 Å². The monoisotopic (exact) mass is 356 g/mol. The predicted octanol–water partition coefficient (Wildman–Crippen LogP) is 2.39. The molecule has 0 N–H and O–H groups in total. The van der Waals surface area contributed by atoms with E-state index in [1.54, 1.807) is 38.1 Å². The van der Waals surface area contributed by atoms with Crippen LogP contribution in [0.4, 0.5) is 0 Å². The van der Waals surface area contributed by atoms with Crippen LogP contribution < -0.4 is 4.74 Å². The van der Waals surface area contributed by atoms with Gasteiger partial charge in [0.2, 0.25) is 11.7 Å². The third kappa shape index (κ3) is 3.76. The first-order chi connectivity index (χ1) is 12.8. The average Bonchev–Trinajstić information content (AvgIpc) is 3.42. The van der Waals surface area contributed by atoms with Crippen molar-refractivity contribution in [3.63, 3.8) is 0 Å². The van der Waals surface area contributed by atoms with Crippen molar-refractivity contribution in [2.24, 2.45) is 0 Å². The number of ether oxygens (including phenoxy) is 2. The Morgan fingerprint density at radius 1 is 1.35 bits per heavy atom. The molecule has 1 aliphatic heterocycles. The minimum Gasteiger partial charge on any atom is -0.490 e. The Morgan fingerprint density at radius 2 is 2.31 bits per heavy atom. The Morgan fingerprint density at radius 3 is 3.08 bits per heavy atom. The first-order valence-corrected chi connectivity index (χ1v) is 8.46. The van der Waals surface area contributed by atoms with E-state index in [1.165, 1.54) is 0 Å². The number of furan rings is 1. The van der Waals surface area contributed by atoms with Gasteiger partial charge in [0.05, 0.1) is 30.7 Å². The van der Waals surface area contributed by atoms with Crippen LogP contribution >= 0.6 is 0 Å². The molecule has 1 fully saturated rings. The zero-order valence-corrected chi connectivity index (χ0v) is 14.4. The van der Waals surface area contributed by atoms with Gasteiger partial charge in [0.1, 0.15) is 18.6 Å². The minimum atomic E-state index is 0.161. The van der Waals surface area contributed by atoms with Crippen LogP contribution in [0.15, 0.2) is 52.1 Å². The van der Waals surface area contributed by atoms with E-state index < -0.39 is 0 Å². The van der Waals surface area contributed by atoms with E-state index in [2.05, 4.69) is 20.0 Å². The van der Waals surface area contributed by atoms with E-state index in [4.69, 9.17) is 18.4 Å². The normalized spacial score (nSPS) is 20.5. The van der Waals surface area contributed by atoms with Crippen molar-refractivity contribution in [1.29, 1.82) is 0 Å². The Labute approximate surface area is 150 Å². The molecule has 4 heterocycles. The maximum absolute atomic E-state index is 5.88. The molecule has 0 aromatic carbocycles. The fraction of sp³-hybridized carbons (Fsp3) is 0.389. The molecule has 26 heavy (non-hydrogen) atoms. The van der Waals surface area contributed by atoms with Crippen LogP contribution in [0.25, 0.3) is 11.4 Å². The maximum Gasteiger partial charge on any atom is 0.241 e. The van der Waals surface area contributed by atoms with Crippen LogP contribution in [0.3, 0.4) is 0 Å². The molecular weight excluding hydrogens is 336 g/mol. The van der Waals surface area contributed by atoms with E-state index in [9.17, 15) is 0 Å². The fourth-order valence-corrected chi connectivity index (χ4v) is 3.10. The lowest BCUT2D eigenvalue weighted by Gasteiger charge is -2.22. The summed E-state index contributed by atoms with van der Waals surface area (Å²) in [7, 11) is 1.73. The SMILES string of the molecule is CO[C@@H]1C[C@@H](COc2cccnc2)N(Cc2nc(-c3ccoc3)no2)C1. The molecule has 0 amide bonds. The first-order valence-electron chi connectivity index (χ1n) is 8.46. The number of hydrogen-bond acceptors (Lipinski definition) is 8. The van der Waals surface area contributed by atoms with Crippen molar-refractivity contribution in [1.82, 2.24) is 20.0 Å². The number of hydrogen-bond donors (Lipinski definition) is 0. The van der Waals surface area contributed by atoms with Gasteiger partial charge in [-0.1, -0.05) is 5.16 Å². The number of likely N-dealkylation sites (tertiary alicyclic amines) is 1. The molecule has 0 spiro atoms. The standard InChI is InChI=1S/C18H20N4O4/c1-23-16-7-14(12-25-15-3-2-5-19-8-15)22(9-16)10-17-20-18(21-26-17)13-4-6-24-11-13/h2-6,8,11,14,16H,7,9-10,12H2,1H3/t14-,16+/m0/s1. The van der Waals surface area contributed by atoms with Crippen molar-refractivity contribution in [2.45, 2.75) is 25.1 Å². The third-order valence-electron chi connectivity index (χ3n) is 4.49. The number of aromatic nitrogens is 3. The molecule has 3 aromatic heterocycles. The van der Waals surface area contributed by atoms with Gasteiger partial charge in [-0.05, 0) is 24.6 Å². The summed E-state index contributed by atoms with van der Waals surface area (Å²) in [5.41, 5.74) is 0.799. The Kier molecular flexibility index (Phi) is 4.94. The second kappa shape index (κ2) is 7.67. The second-order valence-corrected chi connectivity index (χ2v) is 6.20. The molecule has 1 aliphatic rings. The smallest absolute Gasteiger partial charge is 0.241 e. The summed E-state index contributed by atoms with van der Waals surface area (Å²) < 4.78 is 21.9. The van der Waals surface area contributed by atoms with Gasteiger partial charge in [0.15, 0.2) is 0 Å². The van der Waals surface area contributed by atoms with Crippen LogP contribution in [0, 0.1) is 0 Å². The van der Waals surface area contributed by atoms with Gasteiger partial charge >= 0.3 is 0 Å². The summed E-state index contributed by atoms with van der Waals surface area (Å²) in [5, 5.41) is 4.01. The number of methoxy groups -OCH3 is 1. The largest absolute Gasteiger partial charge is 0.490 e. The highest BCUT2D eigenvalue weighted by Gasteiger charge is 2.33. The molecule has 3 aromatic rings. The minimum absolute atomic E-state index is 0.161. The van der Waals surface area contributed by atoms with E-state index >= 15 is 0 Å². The number of rotatable bonds is 7. The molecule has 2 atom stereocenters. The summed E-state index contributed by atoms with van der Waals surface area (Å²) in [4.78, 5) is 10.8.